The Hall–Kier alpha value is -1.63. The van der Waals surface area contributed by atoms with Crippen LogP contribution in [0.4, 0.5) is 5.69 Å². The number of rotatable bonds is 3. The van der Waals surface area contributed by atoms with Crippen molar-refractivity contribution in [2.45, 2.75) is 25.7 Å². The molecule has 2 aromatic rings. The molecular weight excluding hydrogens is 258 g/mol. The Morgan fingerprint density at radius 3 is 3.10 bits per heavy atom. The second kappa shape index (κ2) is 5.40. The summed E-state index contributed by atoms with van der Waals surface area (Å²) < 4.78 is 11.3. The summed E-state index contributed by atoms with van der Waals surface area (Å²) in [5, 5.41) is 9.23. The molecule has 2 unspecified atom stereocenters. The van der Waals surface area contributed by atoms with Crippen molar-refractivity contribution in [3.8, 4) is 0 Å². The van der Waals surface area contributed by atoms with Crippen molar-refractivity contribution in [3.63, 3.8) is 0 Å². The van der Waals surface area contributed by atoms with E-state index in [1.807, 2.05) is 19.1 Å². The Morgan fingerprint density at radius 1 is 1.45 bits per heavy atom. The molecule has 0 amide bonds. The number of fused-ring (bicyclic) bond motifs is 1. The number of aromatic nitrogens is 1. The molecule has 6 heteroatoms. The van der Waals surface area contributed by atoms with E-state index in [9.17, 15) is 5.11 Å². The standard InChI is InChI=1S/C14H19N3O3/c1-9-5-17(6-11(8-18)19-9)7-14-16-12-3-2-10(15)4-13(12)20-14/h2-4,9,11,18H,5-8,15H2,1H3. The summed E-state index contributed by atoms with van der Waals surface area (Å²) in [6.07, 6.45) is -0.0419. The van der Waals surface area contributed by atoms with Crippen LogP contribution in [-0.2, 0) is 11.3 Å². The lowest BCUT2D eigenvalue weighted by atomic mass is 10.2. The van der Waals surface area contributed by atoms with Gasteiger partial charge in [-0.2, -0.15) is 0 Å². The molecule has 6 nitrogen and oxygen atoms in total. The zero-order valence-electron chi connectivity index (χ0n) is 11.5. The van der Waals surface area contributed by atoms with Crippen LogP contribution >= 0.6 is 0 Å². The zero-order chi connectivity index (χ0) is 14.1. The number of hydrogen-bond acceptors (Lipinski definition) is 6. The van der Waals surface area contributed by atoms with E-state index in [0.717, 1.165) is 12.1 Å². The highest BCUT2D eigenvalue weighted by Crippen LogP contribution is 2.20. The third-order valence-electron chi connectivity index (χ3n) is 3.42. The minimum Gasteiger partial charge on any atom is -0.439 e. The van der Waals surface area contributed by atoms with Gasteiger partial charge in [-0.3, -0.25) is 4.90 Å². The molecule has 1 fully saturated rings. The smallest absolute Gasteiger partial charge is 0.209 e. The van der Waals surface area contributed by atoms with Gasteiger partial charge in [0.05, 0.1) is 25.4 Å². The Bertz CT molecular complexity index is 598. The fourth-order valence-electron chi connectivity index (χ4n) is 2.62. The number of ether oxygens (including phenoxy) is 1. The Balaban J connectivity index is 1.75. The normalized spacial score (nSPS) is 24.3. The first-order valence-corrected chi connectivity index (χ1v) is 6.77. The number of hydrogen-bond donors (Lipinski definition) is 2. The van der Waals surface area contributed by atoms with Crippen LogP contribution in [0.2, 0.25) is 0 Å². The molecule has 3 rings (SSSR count). The molecule has 108 valence electrons. The second-order valence-electron chi connectivity index (χ2n) is 5.28. The van der Waals surface area contributed by atoms with E-state index in [0.29, 0.717) is 30.3 Å². The van der Waals surface area contributed by atoms with Crippen LogP contribution in [0.15, 0.2) is 22.6 Å². The predicted octanol–water partition coefficient (Wildman–Crippen LogP) is 0.992. The van der Waals surface area contributed by atoms with Crippen LogP contribution in [0.1, 0.15) is 12.8 Å². The minimum absolute atomic E-state index is 0.0327. The van der Waals surface area contributed by atoms with Gasteiger partial charge in [-0.25, -0.2) is 4.98 Å². The first kappa shape index (κ1) is 13.4. The minimum atomic E-state index is -0.140. The van der Waals surface area contributed by atoms with Crippen LogP contribution in [-0.4, -0.2) is 46.9 Å². The summed E-state index contributed by atoms with van der Waals surface area (Å²) in [7, 11) is 0. The summed E-state index contributed by atoms with van der Waals surface area (Å²) in [6, 6.07) is 5.45. The lowest BCUT2D eigenvalue weighted by molar-refractivity contribution is -0.0985. The Kier molecular flexibility index (Phi) is 3.60. The molecule has 0 radical (unpaired) electrons. The van der Waals surface area contributed by atoms with Gasteiger partial charge in [0.15, 0.2) is 5.58 Å². The van der Waals surface area contributed by atoms with Gasteiger partial charge < -0.3 is 20.0 Å². The number of morpholine rings is 1. The summed E-state index contributed by atoms with van der Waals surface area (Å²) in [4.78, 5) is 6.64. The van der Waals surface area contributed by atoms with E-state index in [4.69, 9.17) is 14.9 Å². The SMILES string of the molecule is CC1CN(Cc2nc3ccc(N)cc3o2)CC(CO)O1. The van der Waals surface area contributed by atoms with Gasteiger partial charge in [-0.1, -0.05) is 0 Å². The number of anilines is 1. The number of nitrogen functional groups attached to an aromatic ring is 1. The van der Waals surface area contributed by atoms with E-state index in [1.165, 1.54) is 0 Å². The summed E-state index contributed by atoms with van der Waals surface area (Å²) in [5.74, 6) is 0.663. The van der Waals surface area contributed by atoms with Crippen molar-refractivity contribution in [3.05, 3.63) is 24.1 Å². The van der Waals surface area contributed by atoms with Crippen molar-refractivity contribution >= 4 is 16.8 Å². The number of benzene rings is 1. The van der Waals surface area contributed by atoms with Crippen LogP contribution in [0, 0.1) is 0 Å². The zero-order valence-corrected chi connectivity index (χ0v) is 11.5. The summed E-state index contributed by atoms with van der Waals surface area (Å²) in [6.45, 7) is 4.13. The lowest BCUT2D eigenvalue weighted by Crippen LogP contribution is -2.47. The number of aliphatic hydroxyl groups excluding tert-OH is 1. The van der Waals surface area contributed by atoms with Crippen molar-refractivity contribution in [2.75, 3.05) is 25.4 Å². The maximum atomic E-state index is 9.23. The van der Waals surface area contributed by atoms with E-state index in [1.54, 1.807) is 6.07 Å². The fourth-order valence-corrected chi connectivity index (χ4v) is 2.62. The van der Waals surface area contributed by atoms with Gasteiger partial charge in [-0.05, 0) is 19.1 Å². The van der Waals surface area contributed by atoms with Crippen molar-refractivity contribution in [2.24, 2.45) is 0 Å². The highest BCUT2D eigenvalue weighted by molar-refractivity contribution is 5.76. The summed E-state index contributed by atoms with van der Waals surface area (Å²) in [5.41, 5.74) is 7.92. The topological polar surface area (TPSA) is 84.8 Å². The van der Waals surface area contributed by atoms with Crippen molar-refractivity contribution in [1.29, 1.82) is 0 Å². The van der Waals surface area contributed by atoms with E-state index in [2.05, 4.69) is 9.88 Å². The fraction of sp³-hybridized carbons (Fsp3) is 0.500. The molecule has 0 aliphatic carbocycles. The van der Waals surface area contributed by atoms with Gasteiger partial charge in [-0.15, -0.1) is 0 Å². The number of oxazole rings is 1. The quantitative estimate of drug-likeness (QED) is 0.814. The molecule has 0 saturated carbocycles. The van der Waals surface area contributed by atoms with Gasteiger partial charge in [0, 0.05) is 24.8 Å². The van der Waals surface area contributed by atoms with Gasteiger partial charge >= 0.3 is 0 Å². The van der Waals surface area contributed by atoms with Gasteiger partial charge in [0.1, 0.15) is 5.52 Å². The lowest BCUT2D eigenvalue weighted by Gasteiger charge is -2.35. The predicted molar refractivity (Wildman–Crippen MR) is 75.1 cm³/mol. The number of nitrogens with zero attached hydrogens (tertiary/aromatic N) is 2. The van der Waals surface area contributed by atoms with Gasteiger partial charge in [0.2, 0.25) is 5.89 Å². The van der Waals surface area contributed by atoms with Gasteiger partial charge in [0.25, 0.3) is 0 Å². The maximum Gasteiger partial charge on any atom is 0.209 e. The first-order valence-electron chi connectivity index (χ1n) is 6.77. The van der Waals surface area contributed by atoms with Crippen LogP contribution < -0.4 is 5.73 Å². The average molecular weight is 277 g/mol. The Labute approximate surface area is 117 Å². The molecule has 1 saturated heterocycles. The van der Waals surface area contributed by atoms with Crippen molar-refractivity contribution < 1.29 is 14.3 Å². The second-order valence-corrected chi connectivity index (χ2v) is 5.28. The largest absolute Gasteiger partial charge is 0.439 e. The highest BCUT2D eigenvalue weighted by atomic mass is 16.5. The number of nitrogens with two attached hydrogens (primary N) is 1. The molecule has 0 bridgehead atoms. The monoisotopic (exact) mass is 277 g/mol. The molecular formula is C14H19N3O3. The van der Waals surface area contributed by atoms with E-state index < -0.39 is 0 Å². The van der Waals surface area contributed by atoms with E-state index >= 15 is 0 Å². The Morgan fingerprint density at radius 2 is 2.30 bits per heavy atom. The molecule has 1 aromatic carbocycles. The molecule has 0 spiro atoms. The summed E-state index contributed by atoms with van der Waals surface area (Å²) >= 11 is 0. The maximum absolute atomic E-state index is 9.23. The van der Waals surface area contributed by atoms with E-state index in [-0.39, 0.29) is 18.8 Å². The molecule has 1 aliphatic rings. The molecule has 2 heterocycles. The highest BCUT2D eigenvalue weighted by Gasteiger charge is 2.25. The molecule has 20 heavy (non-hydrogen) atoms. The van der Waals surface area contributed by atoms with Crippen LogP contribution in [0.5, 0.6) is 0 Å². The first-order chi connectivity index (χ1) is 9.64. The molecule has 1 aromatic heterocycles. The van der Waals surface area contributed by atoms with Crippen LogP contribution in [0.25, 0.3) is 11.1 Å². The van der Waals surface area contributed by atoms with Crippen molar-refractivity contribution in [1.82, 2.24) is 9.88 Å². The number of aliphatic hydroxyl groups is 1. The third-order valence-corrected chi connectivity index (χ3v) is 3.42. The third kappa shape index (κ3) is 2.77. The van der Waals surface area contributed by atoms with Crippen LogP contribution in [0.3, 0.4) is 0 Å². The molecule has 3 N–H and O–H groups in total. The molecule has 2 atom stereocenters. The average Bonchev–Trinajstić information content (AvgIpc) is 2.79. The molecule has 1 aliphatic heterocycles.